The van der Waals surface area contributed by atoms with Gasteiger partial charge in [-0.25, -0.2) is 9.97 Å². The Hall–Kier alpha value is -2.41. The first-order valence-corrected chi connectivity index (χ1v) is 8.79. The molecule has 7 N–H and O–H groups in total. The average Bonchev–Trinajstić information content (AvgIpc) is 3.21. The predicted molar refractivity (Wildman–Crippen MR) is 102 cm³/mol. The molecular weight excluding hydrogens is 372 g/mol. The highest BCUT2D eigenvalue weighted by atomic mass is 32.1. The minimum absolute atomic E-state index is 0.0888. The number of nitrogens with two attached hydrogens (primary N) is 1. The standard InChI is InChI=1S/C15H22N8O3S/c16-14(17)18-3-1-2-4-19-15-21-11-10(12(27)22-15)20-7-23(11)13-9(25)5-8(6-24)26-13/h1-2,7-9,13,24-25H,3-6H2,(H4,16,17,18)(H2,19,21,22,27)/b2-1+/t8-,9?,13+/m0/s1. The quantitative estimate of drug-likeness (QED) is 0.105. The highest BCUT2D eigenvalue weighted by Gasteiger charge is 2.36. The van der Waals surface area contributed by atoms with Crippen LogP contribution >= 0.6 is 12.6 Å². The Labute approximate surface area is 160 Å². The second kappa shape index (κ2) is 8.52. The van der Waals surface area contributed by atoms with Gasteiger partial charge in [0.15, 0.2) is 17.8 Å². The third-order valence-electron chi connectivity index (χ3n) is 4.00. The average molecular weight is 394 g/mol. The summed E-state index contributed by atoms with van der Waals surface area (Å²) in [5.74, 6) is 0.263. The van der Waals surface area contributed by atoms with Gasteiger partial charge in [-0.15, -0.1) is 12.6 Å². The molecule has 1 fully saturated rings. The zero-order valence-electron chi connectivity index (χ0n) is 14.4. The molecule has 0 bridgehead atoms. The molecule has 0 aromatic carbocycles. The molecule has 0 spiro atoms. The van der Waals surface area contributed by atoms with Crippen molar-refractivity contribution in [2.75, 3.05) is 25.0 Å². The van der Waals surface area contributed by atoms with Gasteiger partial charge >= 0.3 is 0 Å². The number of hydrogen-bond donors (Lipinski definition) is 7. The van der Waals surface area contributed by atoms with Crippen LogP contribution in [0, 0.1) is 5.41 Å². The van der Waals surface area contributed by atoms with Crippen LogP contribution in [-0.4, -0.2) is 67.6 Å². The van der Waals surface area contributed by atoms with E-state index in [9.17, 15) is 10.2 Å². The van der Waals surface area contributed by atoms with E-state index in [0.29, 0.717) is 41.6 Å². The zero-order valence-corrected chi connectivity index (χ0v) is 15.3. The Morgan fingerprint density at radius 1 is 1.44 bits per heavy atom. The van der Waals surface area contributed by atoms with Gasteiger partial charge in [0, 0.05) is 19.5 Å². The van der Waals surface area contributed by atoms with Crippen LogP contribution in [0.15, 0.2) is 23.5 Å². The number of imidazole rings is 1. The molecule has 146 valence electrons. The Morgan fingerprint density at radius 3 is 2.93 bits per heavy atom. The molecule has 1 saturated heterocycles. The van der Waals surface area contributed by atoms with E-state index in [2.05, 4.69) is 38.2 Å². The summed E-state index contributed by atoms with van der Waals surface area (Å²) in [4.78, 5) is 13.0. The van der Waals surface area contributed by atoms with Crippen molar-refractivity contribution in [1.29, 1.82) is 5.41 Å². The van der Waals surface area contributed by atoms with Gasteiger partial charge in [-0.05, 0) is 0 Å². The highest BCUT2D eigenvalue weighted by molar-refractivity contribution is 7.80. The van der Waals surface area contributed by atoms with Crippen LogP contribution in [0.25, 0.3) is 11.2 Å². The molecule has 1 unspecified atom stereocenters. The maximum atomic E-state index is 10.2. The number of hydrogen-bond acceptors (Lipinski definition) is 9. The van der Waals surface area contributed by atoms with Crippen molar-refractivity contribution in [1.82, 2.24) is 24.8 Å². The summed E-state index contributed by atoms with van der Waals surface area (Å²) < 4.78 is 7.29. The Kier molecular flexibility index (Phi) is 6.11. The molecule has 3 heterocycles. The smallest absolute Gasteiger partial charge is 0.226 e. The number of ether oxygens (including phenoxy) is 1. The summed E-state index contributed by atoms with van der Waals surface area (Å²) in [6, 6.07) is 0. The van der Waals surface area contributed by atoms with E-state index < -0.39 is 18.4 Å². The van der Waals surface area contributed by atoms with Gasteiger partial charge in [-0.1, -0.05) is 12.2 Å². The van der Waals surface area contributed by atoms with Crippen LogP contribution < -0.4 is 16.4 Å². The van der Waals surface area contributed by atoms with Gasteiger partial charge < -0.3 is 31.3 Å². The second-order valence-electron chi connectivity index (χ2n) is 5.98. The Morgan fingerprint density at radius 2 is 2.22 bits per heavy atom. The van der Waals surface area contributed by atoms with E-state index in [-0.39, 0.29) is 12.6 Å². The number of rotatable bonds is 7. The minimum Gasteiger partial charge on any atom is -0.394 e. The van der Waals surface area contributed by atoms with Crippen molar-refractivity contribution in [3.63, 3.8) is 0 Å². The highest BCUT2D eigenvalue weighted by Crippen LogP contribution is 2.31. The normalized spacial score (nSPS) is 22.6. The fourth-order valence-corrected chi connectivity index (χ4v) is 3.00. The number of anilines is 1. The van der Waals surface area contributed by atoms with E-state index in [1.165, 1.54) is 6.33 Å². The third kappa shape index (κ3) is 4.47. The predicted octanol–water partition coefficient (Wildman–Crippen LogP) is -0.793. The fraction of sp³-hybridized carbons (Fsp3) is 0.467. The van der Waals surface area contributed by atoms with E-state index >= 15 is 0 Å². The van der Waals surface area contributed by atoms with Gasteiger partial charge in [0.2, 0.25) is 5.95 Å². The first kappa shape index (κ1) is 19.4. The van der Waals surface area contributed by atoms with Gasteiger partial charge in [-0.2, -0.15) is 4.98 Å². The lowest BCUT2D eigenvalue weighted by Crippen LogP contribution is -2.30. The first-order valence-electron chi connectivity index (χ1n) is 8.34. The number of nitrogens with one attached hydrogen (secondary N) is 3. The van der Waals surface area contributed by atoms with E-state index in [1.54, 1.807) is 4.57 Å². The fourth-order valence-electron chi connectivity index (χ4n) is 2.75. The number of aliphatic hydroxyl groups excluding tert-OH is 2. The maximum Gasteiger partial charge on any atom is 0.226 e. The number of nitrogens with zero attached hydrogens (tertiary/aromatic N) is 4. The van der Waals surface area contributed by atoms with Crippen LogP contribution in [0.3, 0.4) is 0 Å². The molecular formula is C15H22N8O3S. The number of aliphatic hydroxyl groups is 2. The number of fused-ring (bicyclic) bond motifs is 1. The molecule has 0 saturated carbocycles. The topological polar surface area (TPSA) is 167 Å². The lowest BCUT2D eigenvalue weighted by Gasteiger charge is -2.16. The minimum atomic E-state index is -0.772. The maximum absolute atomic E-state index is 10.2. The summed E-state index contributed by atoms with van der Waals surface area (Å²) in [7, 11) is 0. The van der Waals surface area contributed by atoms with Crippen molar-refractivity contribution in [3.05, 3.63) is 18.5 Å². The third-order valence-corrected chi connectivity index (χ3v) is 4.31. The molecule has 2 aromatic heterocycles. The monoisotopic (exact) mass is 394 g/mol. The number of thiol groups is 1. The summed E-state index contributed by atoms with van der Waals surface area (Å²) in [5.41, 5.74) is 6.16. The lowest BCUT2D eigenvalue weighted by molar-refractivity contribution is -0.0486. The van der Waals surface area contributed by atoms with E-state index in [1.807, 2.05) is 12.2 Å². The molecule has 3 rings (SSSR count). The van der Waals surface area contributed by atoms with Gasteiger partial charge in [0.05, 0.1) is 19.0 Å². The van der Waals surface area contributed by atoms with Gasteiger partial charge in [-0.3, -0.25) is 9.98 Å². The summed E-state index contributed by atoms with van der Waals surface area (Å²) in [6.45, 7) is 0.747. The molecule has 3 atom stereocenters. The first-order chi connectivity index (χ1) is 13.0. The zero-order chi connectivity index (χ0) is 19.4. The van der Waals surface area contributed by atoms with Gasteiger partial charge in [0.1, 0.15) is 16.6 Å². The SMILES string of the molecule is N=C(N)NC/C=C/CNc1nc(S)c2ncn([C@@H]3O[C@H](CO)CC3O)c2n1. The van der Waals surface area contributed by atoms with E-state index in [4.69, 9.17) is 15.9 Å². The van der Waals surface area contributed by atoms with Crippen molar-refractivity contribution in [3.8, 4) is 0 Å². The molecule has 0 amide bonds. The van der Waals surface area contributed by atoms with Crippen LogP contribution in [0.2, 0.25) is 0 Å². The van der Waals surface area contributed by atoms with Crippen molar-refractivity contribution in [2.24, 2.45) is 5.73 Å². The molecule has 11 nitrogen and oxygen atoms in total. The molecule has 12 heteroatoms. The summed E-state index contributed by atoms with van der Waals surface area (Å²) in [5, 5.41) is 32.6. The van der Waals surface area contributed by atoms with Gasteiger partial charge in [0.25, 0.3) is 0 Å². The van der Waals surface area contributed by atoms with Crippen LogP contribution in [0.4, 0.5) is 5.95 Å². The molecule has 2 aromatic rings. The summed E-state index contributed by atoms with van der Waals surface area (Å²) in [6.07, 6.45) is 3.64. The molecule has 1 aliphatic rings. The largest absolute Gasteiger partial charge is 0.394 e. The number of aromatic nitrogens is 4. The van der Waals surface area contributed by atoms with Crippen LogP contribution in [0.5, 0.6) is 0 Å². The number of guanidine groups is 1. The van der Waals surface area contributed by atoms with E-state index in [0.717, 1.165) is 0 Å². The van der Waals surface area contributed by atoms with Crippen molar-refractivity contribution >= 4 is 35.7 Å². The molecule has 0 aliphatic carbocycles. The molecule has 1 aliphatic heterocycles. The second-order valence-corrected chi connectivity index (χ2v) is 6.40. The molecule has 27 heavy (non-hydrogen) atoms. The van der Waals surface area contributed by atoms with Crippen LogP contribution in [0.1, 0.15) is 12.6 Å². The Balaban J connectivity index is 1.74. The Bertz CT molecular complexity index is 842. The van der Waals surface area contributed by atoms with Crippen LogP contribution in [-0.2, 0) is 4.74 Å². The molecule has 0 radical (unpaired) electrons. The van der Waals surface area contributed by atoms with Crippen molar-refractivity contribution < 1.29 is 14.9 Å². The lowest BCUT2D eigenvalue weighted by atomic mass is 10.2. The van der Waals surface area contributed by atoms with Crippen molar-refractivity contribution in [2.45, 2.75) is 29.9 Å². The summed E-state index contributed by atoms with van der Waals surface area (Å²) >= 11 is 4.36.